The molecule has 1 aromatic carbocycles. The molecule has 0 aliphatic heterocycles. The first-order chi connectivity index (χ1) is 11.5. The summed E-state index contributed by atoms with van der Waals surface area (Å²) < 4.78 is 15.0. The molecular formula is C17H14FIN2O2S. The zero-order chi connectivity index (χ0) is 17.3. The van der Waals surface area contributed by atoms with E-state index in [1.165, 1.54) is 24.5 Å². The summed E-state index contributed by atoms with van der Waals surface area (Å²) in [5.74, 6) is -0.628. The molecule has 1 amide bonds. The number of aromatic nitrogens is 1. The molecule has 7 heteroatoms. The average molecular weight is 456 g/mol. The van der Waals surface area contributed by atoms with Crippen LogP contribution in [0, 0.1) is 16.3 Å². The fourth-order valence-electron chi connectivity index (χ4n) is 2.47. The van der Waals surface area contributed by atoms with Gasteiger partial charge in [-0.05, 0) is 59.3 Å². The van der Waals surface area contributed by atoms with Gasteiger partial charge in [0.05, 0.1) is 12.7 Å². The minimum absolute atomic E-state index is 0.276. The third-order valence-corrected chi connectivity index (χ3v) is 5.33. The number of nitrogens with one attached hydrogen (secondary N) is 1. The molecule has 0 aliphatic rings. The summed E-state index contributed by atoms with van der Waals surface area (Å²) in [7, 11) is 1.38. The summed E-state index contributed by atoms with van der Waals surface area (Å²) in [4.78, 5) is 23.2. The summed E-state index contributed by atoms with van der Waals surface area (Å²) in [5, 5.41) is 0.751. The van der Waals surface area contributed by atoms with Crippen molar-refractivity contribution in [2.75, 3.05) is 7.11 Å². The Bertz CT molecular complexity index is 926. The van der Waals surface area contributed by atoms with Gasteiger partial charge in [0.15, 0.2) is 0 Å². The molecule has 2 aromatic heterocycles. The number of hydroxylamine groups is 1. The van der Waals surface area contributed by atoms with E-state index in [0.717, 1.165) is 24.4 Å². The van der Waals surface area contributed by atoms with Gasteiger partial charge in [0.1, 0.15) is 10.6 Å². The molecule has 3 rings (SSSR count). The number of hydrogen-bond donors (Lipinski definition) is 1. The van der Waals surface area contributed by atoms with Crippen LogP contribution in [0.4, 0.5) is 4.39 Å². The van der Waals surface area contributed by atoms with Gasteiger partial charge in [0.25, 0.3) is 5.91 Å². The Labute approximate surface area is 156 Å². The maximum absolute atomic E-state index is 14.2. The number of halogens is 2. The van der Waals surface area contributed by atoms with E-state index in [2.05, 4.69) is 33.1 Å². The van der Waals surface area contributed by atoms with E-state index in [4.69, 9.17) is 4.84 Å². The lowest BCUT2D eigenvalue weighted by Gasteiger charge is -2.06. The number of carbonyl (C=O) groups excluding carboxylic acids is 1. The van der Waals surface area contributed by atoms with Crippen LogP contribution in [0.3, 0.4) is 0 Å². The molecule has 0 unspecified atom stereocenters. The first kappa shape index (κ1) is 17.2. The van der Waals surface area contributed by atoms with Crippen molar-refractivity contribution in [3.8, 4) is 0 Å². The normalized spacial score (nSPS) is 11.0. The molecule has 0 fully saturated rings. The van der Waals surface area contributed by atoms with Crippen molar-refractivity contribution in [1.82, 2.24) is 10.5 Å². The van der Waals surface area contributed by atoms with Crippen LogP contribution in [0.5, 0.6) is 0 Å². The van der Waals surface area contributed by atoms with Crippen molar-refractivity contribution in [2.45, 2.75) is 13.3 Å². The van der Waals surface area contributed by atoms with Crippen LogP contribution in [0.2, 0.25) is 0 Å². The van der Waals surface area contributed by atoms with Gasteiger partial charge in [-0.1, -0.05) is 6.07 Å². The number of rotatable bonds is 4. The molecule has 0 atom stereocenters. The van der Waals surface area contributed by atoms with Crippen LogP contribution in [0.1, 0.15) is 26.5 Å². The number of benzene rings is 1. The molecule has 0 saturated carbocycles. The number of nitrogens with zero attached hydrogens (tertiary/aromatic N) is 1. The third-order valence-electron chi connectivity index (χ3n) is 3.56. The van der Waals surface area contributed by atoms with Crippen LogP contribution >= 0.6 is 33.9 Å². The van der Waals surface area contributed by atoms with Crippen molar-refractivity contribution in [3.05, 3.63) is 61.4 Å². The van der Waals surface area contributed by atoms with Crippen molar-refractivity contribution < 1.29 is 14.0 Å². The number of pyridine rings is 1. The molecule has 1 N–H and O–H groups in total. The minimum atomic E-state index is -0.352. The predicted octanol–water partition coefficient (Wildman–Crippen LogP) is 4.23. The Morgan fingerprint density at radius 2 is 2.17 bits per heavy atom. The minimum Gasteiger partial charge on any atom is -0.277 e. The van der Waals surface area contributed by atoms with E-state index in [0.29, 0.717) is 17.5 Å². The summed E-state index contributed by atoms with van der Waals surface area (Å²) in [6.07, 6.45) is 0.329. The monoisotopic (exact) mass is 456 g/mol. The summed E-state index contributed by atoms with van der Waals surface area (Å²) in [6.45, 7) is 1.90. The van der Waals surface area contributed by atoms with Gasteiger partial charge in [-0.15, -0.1) is 11.3 Å². The summed E-state index contributed by atoms with van der Waals surface area (Å²) in [6, 6.07) is 8.81. The zero-order valence-corrected chi connectivity index (χ0v) is 16.0. The van der Waals surface area contributed by atoms with E-state index >= 15 is 0 Å². The first-order valence-electron chi connectivity index (χ1n) is 7.16. The van der Waals surface area contributed by atoms with Gasteiger partial charge >= 0.3 is 0 Å². The molecule has 2 heterocycles. The highest BCUT2D eigenvalue weighted by atomic mass is 127. The van der Waals surface area contributed by atoms with Gasteiger partial charge in [-0.3, -0.25) is 9.63 Å². The summed E-state index contributed by atoms with van der Waals surface area (Å²) >= 11 is 3.47. The maximum atomic E-state index is 14.2. The Balaban J connectivity index is 2.11. The molecule has 0 bridgehead atoms. The van der Waals surface area contributed by atoms with Crippen LogP contribution in [-0.4, -0.2) is 18.0 Å². The van der Waals surface area contributed by atoms with Gasteiger partial charge in [-0.25, -0.2) is 14.9 Å². The quantitative estimate of drug-likeness (QED) is 0.473. The highest BCUT2D eigenvalue weighted by Crippen LogP contribution is 2.32. The van der Waals surface area contributed by atoms with E-state index in [9.17, 15) is 9.18 Å². The van der Waals surface area contributed by atoms with Crippen LogP contribution in [0.15, 0.2) is 30.3 Å². The van der Waals surface area contributed by atoms with E-state index in [-0.39, 0.29) is 11.7 Å². The number of amides is 1. The highest BCUT2D eigenvalue weighted by Gasteiger charge is 2.21. The number of carbonyl (C=O) groups is 1. The SMILES string of the molecule is CONC(=O)c1c(Cc2ccc(I)cc2F)sc2nc(C)ccc12. The Morgan fingerprint density at radius 1 is 1.38 bits per heavy atom. The molecule has 0 aliphatic carbocycles. The number of aryl methyl sites for hydroxylation is 1. The lowest BCUT2D eigenvalue weighted by atomic mass is 10.1. The molecule has 0 saturated heterocycles. The largest absolute Gasteiger partial charge is 0.277 e. The predicted molar refractivity (Wildman–Crippen MR) is 101 cm³/mol. The van der Waals surface area contributed by atoms with Crippen molar-refractivity contribution >= 4 is 50.1 Å². The van der Waals surface area contributed by atoms with E-state index in [1.54, 1.807) is 6.07 Å². The Morgan fingerprint density at radius 3 is 2.88 bits per heavy atom. The molecule has 3 aromatic rings. The Hall–Kier alpha value is -1.58. The fourth-order valence-corrected chi connectivity index (χ4v) is 4.16. The number of fused-ring (bicyclic) bond motifs is 1. The molecule has 124 valence electrons. The van der Waals surface area contributed by atoms with Crippen LogP contribution in [0.25, 0.3) is 10.2 Å². The first-order valence-corrected chi connectivity index (χ1v) is 9.05. The number of hydrogen-bond acceptors (Lipinski definition) is 4. The van der Waals surface area contributed by atoms with Gasteiger partial charge < -0.3 is 0 Å². The second-order valence-corrected chi connectivity index (χ2v) is 7.58. The third kappa shape index (κ3) is 3.42. The fraction of sp³-hybridized carbons (Fsp3) is 0.176. The van der Waals surface area contributed by atoms with Gasteiger partial charge in [-0.2, -0.15) is 0 Å². The van der Waals surface area contributed by atoms with E-state index in [1.807, 2.05) is 25.1 Å². The van der Waals surface area contributed by atoms with Crippen molar-refractivity contribution in [1.29, 1.82) is 0 Å². The molecule has 4 nitrogen and oxygen atoms in total. The van der Waals surface area contributed by atoms with Crippen LogP contribution < -0.4 is 5.48 Å². The number of thiophene rings is 1. The molecule has 24 heavy (non-hydrogen) atoms. The zero-order valence-electron chi connectivity index (χ0n) is 13.0. The topological polar surface area (TPSA) is 51.2 Å². The summed E-state index contributed by atoms with van der Waals surface area (Å²) in [5.41, 5.74) is 4.25. The van der Waals surface area contributed by atoms with E-state index < -0.39 is 0 Å². The van der Waals surface area contributed by atoms with Crippen molar-refractivity contribution in [3.63, 3.8) is 0 Å². The Kier molecular flexibility index (Phi) is 5.12. The average Bonchev–Trinajstić information content (AvgIpc) is 2.87. The second kappa shape index (κ2) is 7.12. The standard InChI is InChI=1S/C17H14FIN2O2S/c1-9-3-6-12-15(16(22)21-23-2)14(24-17(12)20-9)7-10-4-5-11(19)8-13(10)18/h3-6,8H,7H2,1-2H3,(H,21,22). The lowest BCUT2D eigenvalue weighted by molar-refractivity contribution is 0.0539. The molecular weight excluding hydrogens is 442 g/mol. The van der Waals surface area contributed by atoms with Crippen molar-refractivity contribution in [2.24, 2.45) is 0 Å². The second-order valence-electron chi connectivity index (χ2n) is 5.25. The highest BCUT2D eigenvalue weighted by molar-refractivity contribution is 14.1. The maximum Gasteiger partial charge on any atom is 0.276 e. The van der Waals surface area contributed by atoms with Gasteiger partial charge in [0.2, 0.25) is 0 Å². The smallest absolute Gasteiger partial charge is 0.276 e. The van der Waals surface area contributed by atoms with Gasteiger partial charge in [0, 0.05) is 25.9 Å². The molecule has 0 radical (unpaired) electrons. The molecule has 0 spiro atoms. The lowest BCUT2D eigenvalue weighted by Crippen LogP contribution is -2.22. The van der Waals surface area contributed by atoms with Crippen LogP contribution in [-0.2, 0) is 11.3 Å².